The number of H-pyrrole nitrogens is 1. The van der Waals surface area contributed by atoms with Crippen LogP contribution in [0.5, 0.6) is 0 Å². The van der Waals surface area contributed by atoms with Crippen molar-refractivity contribution < 1.29 is 0 Å². The van der Waals surface area contributed by atoms with E-state index in [-0.39, 0.29) is 11.6 Å². The second kappa shape index (κ2) is 11.2. The summed E-state index contributed by atoms with van der Waals surface area (Å²) in [6.07, 6.45) is 7.97. The fraction of sp³-hybridized carbons (Fsp3) is 0.448. The van der Waals surface area contributed by atoms with Gasteiger partial charge < -0.3 is 4.98 Å². The van der Waals surface area contributed by atoms with Crippen LogP contribution in [0.1, 0.15) is 80.4 Å². The van der Waals surface area contributed by atoms with E-state index in [0.29, 0.717) is 19.1 Å². The molecule has 0 bridgehead atoms. The molecule has 7 heteroatoms. The molecule has 2 aromatic heterocycles. The molecule has 0 spiro atoms. The molecule has 1 N–H and O–H groups in total. The fourth-order valence-corrected chi connectivity index (χ4v) is 5.63. The van der Waals surface area contributed by atoms with Crippen molar-refractivity contribution >= 4 is 10.9 Å². The Morgan fingerprint density at radius 2 is 1.89 bits per heavy atom. The Morgan fingerprint density at radius 1 is 1.08 bits per heavy atom. The van der Waals surface area contributed by atoms with Gasteiger partial charge >= 0.3 is 0 Å². The van der Waals surface area contributed by atoms with E-state index in [1.165, 1.54) is 30.4 Å². The number of benzene rings is 2. The number of rotatable bonds is 9. The Hall–Kier alpha value is -3.32. The summed E-state index contributed by atoms with van der Waals surface area (Å²) in [5.41, 5.74) is 4.05. The monoisotopic (exact) mass is 484 g/mol. The number of fused-ring (bicyclic) bond motifs is 1. The first-order valence-electron chi connectivity index (χ1n) is 13.3. The first kappa shape index (κ1) is 24.4. The smallest absolute Gasteiger partial charge is 0.252 e. The molecule has 2 aromatic carbocycles. The minimum atomic E-state index is -0.00807. The highest BCUT2D eigenvalue weighted by Gasteiger charge is 2.32. The molecule has 4 aromatic rings. The molecule has 1 fully saturated rings. The highest BCUT2D eigenvalue weighted by molar-refractivity contribution is 5.79. The van der Waals surface area contributed by atoms with E-state index in [4.69, 9.17) is 0 Å². The van der Waals surface area contributed by atoms with Crippen LogP contribution in [0, 0.1) is 6.92 Å². The topological polar surface area (TPSA) is 79.7 Å². The summed E-state index contributed by atoms with van der Waals surface area (Å²) in [6.45, 7) is 5.52. The van der Waals surface area contributed by atoms with E-state index < -0.39 is 0 Å². The molecular formula is C29H36N6O. The molecule has 7 nitrogen and oxygen atoms in total. The molecule has 1 saturated carbocycles. The van der Waals surface area contributed by atoms with E-state index >= 15 is 0 Å². The molecule has 2 heterocycles. The number of aromatic nitrogens is 5. The van der Waals surface area contributed by atoms with E-state index in [1.54, 1.807) is 0 Å². The van der Waals surface area contributed by atoms with Gasteiger partial charge in [0.2, 0.25) is 0 Å². The van der Waals surface area contributed by atoms with Gasteiger partial charge in [-0.05, 0) is 65.8 Å². The molecule has 0 unspecified atom stereocenters. The number of tetrazole rings is 1. The minimum Gasteiger partial charge on any atom is -0.322 e. The van der Waals surface area contributed by atoms with Gasteiger partial charge in [0.1, 0.15) is 0 Å². The Labute approximate surface area is 212 Å². The Kier molecular flexibility index (Phi) is 7.56. The molecule has 36 heavy (non-hydrogen) atoms. The number of pyridine rings is 1. The normalized spacial score (nSPS) is 15.5. The summed E-state index contributed by atoms with van der Waals surface area (Å²) in [6, 6.07) is 19.0. The molecule has 0 saturated heterocycles. The van der Waals surface area contributed by atoms with Crippen molar-refractivity contribution in [1.82, 2.24) is 30.1 Å². The summed E-state index contributed by atoms with van der Waals surface area (Å²) < 4.78 is 1.94. The van der Waals surface area contributed by atoms with Crippen LogP contribution in [-0.4, -0.2) is 36.1 Å². The van der Waals surface area contributed by atoms with Crippen LogP contribution in [0.15, 0.2) is 59.4 Å². The van der Waals surface area contributed by atoms with Gasteiger partial charge in [0.25, 0.3) is 5.56 Å². The zero-order valence-electron chi connectivity index (χ0n) is 21.4. The molecular weight excluding hydrogens is 448 g/mol. The highest BCUT2D eigenvalue weighted by atomic mass is 16.1. The summed E-state index contributed by atoms with van der Waals surface area (Å²) in [5.74, 6) is 0.888. The third-order valence-corrected chi connectivity index (χ3v) is 7.47. The third-order valence-electron chi connectivity index (χ3n) is 7.47. The average molecular weight is 485 g/mol. The lowest BCUT2D eigenvalue weighted by Crippen LogP contribution is -2.41. The summed E-state index contributed by atoms with van der Waals surface area (Å²) in [7, 11) is 0. The van der Waals surface area contributed by atoms with E-state index in [1.807, 2.05) is 35.0 Å². The van der Waals surface area contributed by atoms with Crippen molar-refractivity contribution in [2.45, 2.75) is 84.0 Å². The SMILES string of the molecule is CCC[C@@H](c1nnnn1Cc1ccccc1)N(Cc1cc2cc(C)ccc2[nH]c1=O)C1CCCCC1. The number of nitrogens with zero attached hydrogens (tertiary/aromatic N) is 5. The summed E-state index contributed by atoms with van der Waals surface area (Å²) in [4.78, 5) is 18.8. The quantitative estimate of drug-likeness (QED) is 0.337. The van der Waals surface area contributed by atoms with Crippen LogP contribution in [0.25, 0.3) is 10.9 Å². The minimum absolute atomic E-state index is 0.00807. The average Bonchev–Trinajstić information content (AvgIpc) is 3.35. The second-order valence-electron chi connectivity index (χ2n) is 10.2. The molecule has 1 atom stereocenters. The maximum atomic E-state index is 13.2. The van der Waals surface area contributed by atoms with Crippen molar-refractivity contribution in [3.8, 4) is 0 Å². The van der Waals surface area contributed by atoms with Crippen molar-refractivity contribution in [2.75, 3.05) is 0 Å². The molecule has 188 valence electrons. The van der Waals surface area contributed by atoms with Crippen LogP contribution in [0.3, 0.4) is 0 Å². The van der Waals surface area contributed by atoms with Crippen LogP contribution in [-0.2, 0) is 13.1 Å². The maximum absolute atomic E-state index is 13.2. The lowest BCUT2D eigenvalue weighted by molar-refractivity contribution is 0.0812. The first-order valence-corrected chi connectivity index (χ1v) is 13.3. The van der Waals surface area contributed by atoms with E-state index in [9.17, 15) is 4.79 Å². The predicted octanol–water partition coefficient (Wildman–Crippen LogP) is 5.55. The zero-order valence-corrected chi connectivity index (χ0v) is 21.4. The van der Waals surface area contributed by atoms with E-state index in [0.717, 1.165) is 48.0 Å². The van der Waals surface area contributed by atoms with Gasteiger partial charge in [-0.25, -0.2) is 4.68 Å². The molecule has 0 aliphatic heterocycles. The zero-order chi connectivity index (χ0) is 24.9. The Morgan fingerprint density at radius 3 is 2.67 bits per heavy atom. The van der Waals surface area contributed by atoms with Crippen molar-refractivity contribution in [3.63, 3.8) is 0 Å². The molecule has 1 aliphatic rings. The molecule has 1 aliphatic carbocycles. The largest absolute Gasteiger partial charge is 0.322 e. The lowest BCUT2D eigenvalue weighted by Gasteiger charge is -2.39. The van der Waals surface area contributed by atoms with Gasteiger partial charge in [-0.15, -0.1) is 5.10 Å². The number of aromatic amines is 1. The number of nitrogens with one attached hydrogen (secondary N) is 1. The van der Waals surface area contributed by atoms with Gasteiger partial charge in [0.15, 0.2) is 5.82 Å². The van der Waals surface area contributed by atoms with Gasteiger partial charge in [-0.1, -0.05) is 74.6 Å². The molecule has 5 rings (SSSR count). The molecule has 0 radical (unpaired) electrons. The van der Waals surface area contributed by atoms with Crippen molar-refractivity contribution in [2.24, 2.45) is 0 Å². The highest BCUT2D eigenvalue weighted by Crippen LogP contribution is 2.34. The molecule has 0 amide bonds. The Bertz CT molecular complexity index is 1340. The number of hydrogen-bond acceptors (Lipinski definition) is 5. The van der Waals surface area contributed by atoms with Crippen LogP contribution in [0.4, 0.5) is 0 Å². The summed E-state index contributed by atoms with van der Waals surface area (Å²) in [5, 5.41) is 14.1. The third kappa shape index (κ3) is 5.41. The lowest BCUT2D eigenvalue weighted by atomic mass is 9.91. The van der Waals surface area contributed by atoms with Gasteiger partial charge in [0, 0.05) is 23.7 Å². The standard InChI is InChI=1S/C29H36N6O/c1-3-10-27(28-31-32-33-35(28)19-22-11-6-4-7-12-22)34(25-13-8-5-9-14-25)20-24-18-23-17-21(2)15-16-26(23)30-29(24)36/h4,6-7,11-12,15-18,25,27H,3,5,8-10,13-14,19-20H2,1-2H3,(H,30,36)/t27-/m0/s1. The predicted molar refractivity (Wildman–Crippen MR) is 143 cm³/mol. The first-order chi connectivity index (χ1) is 17.6. The number of aryl methyl sites for hydroxylation is 1. The fourth-order valence-electron chi connectivity index (χ4n) is 5.63. The Balaban J connectivity index is 1.53. The van der Waals surface area contributed by atoms with Gasteiger partial charge in [0.05, 0.1) is 12.6 Å². The van der Waals surface area contributed by atoms with Crippen molar-refractivity contribution in [1.29, 1.82) is 0 Å². The van der Waals surface area contributed by atoms with Gasteiger partial charge in [-0.2, -0.15) is 0 Å². The number of hydrogen-bond donors (Lipinski definition) is 1. The van der Waals surface area contributed by atoms with Gasteiger partial charge in [-0.3, -0.25) is 9.69 Å². The van der Waals surface area contributed by atoms with Crippen LogP contribution >= 0.6 is 0 Å². The summed E-state index contributed by atoms with van der Waals surface area (Å²) >= 11 is 0. The second-order valence-corrected chi connectivity index (χ2v) is 10.2. The van der Waals surface area contributed by atoms with Crippen LogP contribution < -0.4 is 5.56 Å². The maximum Gasteiger partial charge on any atom is 0.252 e. The van der Waals surface area contributed by atoms with E-state index in [2.05, 4.69) is 63.5 Å². The van der Waals surface area contributed by atoms with Crippen molar-refractivity contribution in [3.05, 3.63) is 87.5 Å². The van der Waals surface area contributed by atoms with Crippen LogP contribution in [0.2, 0.25) is 0 Å².